The highest BCUT2D eigenvalue weighted by atomic mass is 16.5. The third kappa shape index (κ3) is 22.6. The zero-order chi connectivity index (χ0) is 11.8. The van der Waals surface area contributed by atoms with Gasteiger partial charge in [-0.3, -0.25) is 0 Å². The van der Waals surface area contributed by atoms with Crippen molar-refractivity contribution in [2.75, 3.05) is 34.0 Å². The van der Waals surface area contributed by atoms with Gasteiger partial charge in [-0.15, -0.1) is 0 Å². The largest absolute Gasteiger partial charge is 0.400 e. The maximum absolute atomic E-state index is 8.78. The highest BCUT2D eigenvalue weighted by Crippen LogP contribution is 1.89. The highest BCUT2D eigenvalue weighted by Gasteiger charge is 1.99. The van der Waals surface area contributed by atoms with Crippen molar-refractivity contribution in [1.29, 1.82) is 0 Å². The second kappa shape index (κ2) is 23.0. The van der Waals surface area contributed by atoms with Gasteiger partial charge in [-0.1, -0.05) is 13.3 Å². The lowest BCUT2D eigenvalue weighted by atomic mass is 10.3. The minimum absolute atomic E-state index is 0.216. The summed E-state index contributed by atoms with van der Waals surface area (Å²) in [4.78, 5) is 0. The van der Waals surface area contributed by atoms with Crippen LogP contribution < -0.4 is 0 Å². The molecule has 1 atom stereocenters. The van der Waals surface area contributed by atoms with Crippen molar-refractivity contribution in [3.63, 3.8) is 0 Å². The summed E-state index contributed by atoms with van der Waals surface area (Å²) >= 11 is 0. The van der Waals surface area contributed by atoms with Crippen molar-refractivity contribution < 1.29 is 25.2 Å². The maximum Gasteiger partial charge on any atom is 0.100 e. The van der Waals surface area contributed by atoms with Crippen LogP contribution in [0.5, 0.6) is 0 Å². The lowest BCUT2D eigenvalue weighted by Crippen LogP contribution is -2.19. The number of ether oxygens (including phenoxy) is 1. The fourth-order valence-electron chi connectivity index (χ4n) is 0.518. The van der Waals surface area contributed by atoms with Gasteiger partial charge in [0, 0.05) is 20.8 Å². The van der Waals surface area contributed by atoms with E-state index < -0.39 is 6.10 Å². The van der Waals surface area contributed by atoms with E-state index in [1.54, 1.807) is 0 Å². The summed E-state index contributed by atoms with van der Waals surface area (Å²) in [6.45, 7) is 2.78. The first kappa shape index (κ1) is 19.4. The molecule has 0 fully saturated rings. The van der Waals surface area contributed by atoms with Gasteiger partial charge in [-0.2, -0.15) is 0 Å². The van der Waals surface area contributed by atoms with Gasteiger partial charge < -0.3 is 25.2 Å². The Hall–Kier alpha value is -0.200. The topological polar surface area (TPSA) is 90.2 Å². The van der Waals surface area contributed by atoms with Gasteiger partial charge in [0.2, 0.25) is 0 Å². The minimum Gasteiger partial charge on any atom is -0.400 e. The van der Waals surface area contributed by atoms with Gasteiger partial charge in [-0.25, -0.2) is 0 Å². The molecule has 0 saturated carbocycles. The van der Waals surface area contributed by atoms with E-state index in [4.69, 9.17) is 25.2 Å². The third-order valence-electron chi connectivity index (χ3n) is 1.16. The Bertz CT molecular complexity index is 70.2. The molecule has 0 heterocycles. The molecular formula is C9H24O5. The van der Waals surface area contributed by atoms with Crippen molar-refractivity contribution in [3.8, 4) is 0 Å². The van der Waals surface area contributed by atoms with Crippen molar-refractivity contribution >= 4 is 0 Å². The monoisotopic (exact) mass is 212 g/mol. The van der Waals surface area contributed by atoms with Crippen LogP contribution in [-0.4, -0.2) is 60.6 Å². The standard InChI is InChI=1S/C7H16O3.2CH4O/c1-2-3-4-10-6-7(9)5-8;2*1-2/h7-9H,2-6H2,1H3;2*2H,1H3. The third-order valence-corrected chi connectivity index (χ3v) is 1.16. The molecule has 0 amide bonds. The lowest BCUT2D eigenvalue weighted by molar-refractivity contribution is 0.00557. The van der Waals surface area contributed by atoms with Gasteiger partial charge in [-0.05, 0) is 6.42 Å². The van der Waals surface area contributed by atoms with Crippen LogP contribution in [0.25, 0.3) is 0 Å². The zero-order valence-electron chi connectivity index (χ0n) is 9.31. The van der Waals surface area contributed by atoms with E-state index in [1.165, 1.54) is 0 Å². The number of rotatable bonds is 6. The molecule has 0 aromatic rings. The van der Waals surface area contributed by atoms with E-state index in [-0.39, 0.29) is 13.2 Å². The molecule has 1 unspecified atom stereocenters. The average molecular weight is 212 g/mol. The first-order valence-corrected chi connectivity index (χ1v) is 4.57. The molecule has 0 radical (unpaired) electrons. The van der Waals surface area contributed by atoms with Crippen LogP contribution in [-0.2, 0) is 4.74 Å². The molecule has 0 bridgehead atoms. The van der Waals surface area contributed by atoms with Crippen molar-refractivity contribution in [2.45, 2.75) is 25.9 Å². The molecule has 0 aromatic carbocycles. The van der Waals surface area contributed by atoms with Crippen molar-refractivity contribution in [1.82, 2.24) is 0 Å². The number of hydrogen-bond acceptors (Lipinski definition) is 5. The fraction of sp³-hybridized carbons (Fsp3) is 1.00. The molecule has 0 aliphatic rings. The number of hydrogen-bond donors (Lipinski definition) is 4. The van der Waals surface area contributed by atoms with Gasteiger partial charge in [0.25, 0.3) is 0 Å². The van der Waals surface area contributed by atoms with E-state index in [9.17, 15) is 0 Å². The average Bonchev–Trinajstić information content (AvgIpc) is 2.29. The predicted molar refractivity (Wildman–Crippen MR) is 55.1 cm³/mol. The Morgan fingerprint density at radius 2 is 1.64 bits per heavy atom. The molecule has 0 spiro atoms. The zero-order valence-corrected chi connectivity index (χ0v) is 9.31. The van der Waals surface area contributed by atoms with Gasteiger partial charge >= 0.3 is 0 Å². The first-order chi connectivity index (χ1) is 6.81. The molecular weight excluding hydrogens is 188 g/mol. The molecule has 0 aromatic heterocycles. The summed E-state index contributed by atoms with van der Waals surface area (Å²) in [5, 5.41) is 31.1. The predicted octanol–water partition coefficient (Wildman–Crippen LogP) is -0.627. The second-order valence-electron chi connectivity index (χ2n) is 2.26. The van der Waals surface area contributed by atoms with Crippen molar-refractivity contribution in [2.24, 2.45) is 0 Å². The van der Waals surface area contributed by atoms with Crippen LogP contribution in [0, 0.1) is 0 Å². The number of aliphatic hydroxyl groups is 4. The van der Waals surface area contributed by atoms with Gasteiger partial charge in [0.15, 0.2) is 0 Å². The molecule has 0 aliphatic carbocycles. The summed E-state index contributed by atoms with van der Waals surface area (Å²) in [7, 11) is 2.00. The quantitative estimate of drug-likeness (QED) is 0.440. The summed E-state index contributed by atoms with van der Waals surface area (Å²) in [5.74, 6) is 0. The van der Waals surface area contributed by atoms with E-state index >= 15 is 0 Å². The van der Waals surface area contributed by atoms with Gasteiger partial charge in [0.1, 0.15) is 6.10 Å². The Balaban J connectivity index is -0.000000266. The minimum atomic E-state index is -0.711. The van der Waals surface area contributed by atoms with E-state index in [2.05, 4.69) is 6.92 Å². The van der Waals surface area contributed by atoms with Crippen LogP contribution in [0.15, 0.2) is 0 Å². The second-order valence-corrected chi connectivity index (χ2v) is 2.26. The van der Waals surface area contributed by atoms with Crippen molar-refractivity contribution in [3.05, 3.63) is 0 Å². The van der Waals surface area contributed by atoms with E-state index in [0.717, 1.165) is 27.1 Å². The Morgan fingerprint density at radius 3 is 2.00 bits per heavy atom. The Morgan fingerprint density at radius 1 is 1.14 bits per heavy atom. The van der Waals surface area contributed by atoms with E-state index in [0.29, 0.717) is 6.61 Å². The number of unbranched alkanes of at least 4 members (excludes halogenated alkanes) is 1. The van der Waals surface area contributed by atoms with E-state index in [1.807, 2.05) is 0 Å². The summed E-state index contributed by atoms with van der Waals surface area (Å²) < 4.78 is 5.02. The number of aliphatic hydroxyl groups excluding tert-OH is 4. The highest BCUT2D eigenvalue weighted by molar-refractivity contribution is 4.48. The SMILES string of the molecule is CCCCOCC(O)CO.CO.CO. The lowest BCUT2D eigenvalue weighted by Gasteiger charge is -2.06. The molecule has 4 N–H and O–H groups in total. The molecule has 5 heteroatoms. The maximum atomic E-state index is 8.78. The first-order valence-electron chi connectivity index (χ1n) is 4.57. The Kier molecular flexibility index (Phi) is 31.9. The van der Waals surface area contributed by atoms with Crippen LogP contribution >= 0.6 is 0 Å². The summed E-state index contributed by atoms with van der Waals surface area (Å²) in [6, 6.07) is 0. The van der Waals surface area contributed by atoms with Crippen LogP contribution in [0.2, 0.25) is 0 Å². The smallest absolute Gasteiger partial charge is 0.100 e. The normalized spacial score (nSPS) is 10.5. The molecule has 5 nitrogen and oxygen atoms in total. The van der Waals surface area contributed by atoms with Crippen LogP contribution in [0.1, 0.15) is 19.8 Å². The molecule has 90 valence electrons. The molecule has 14 heavy (non-hydrogen) atoms. The van der Waals surface area contributed by atoms with Crippen LogP contribution in [0.3, 0.4) is 0 Å². The Labute approximate surface area is 86.0 Å². The fourth-order valence-corrected chi connectivity index (χ4v) is 0.518. The molecule has 0 aliphatic heterocycles. The van der Waals surface area contributed by atoms with Gasteiger partial charge in [0.05, 0.1) is 13.2 Å². The molecule has 0 saturated heterocycles. The van der Waals surface area contributed by atoms with Crippen LogP contribution in [0.4, 0.5) is 0 Å². The molecule has 0 rings (SSSR count). The summed E-state index contributed by atoms with van der Waals surface area (Å²) in [6.07, 6.45) is 1.39. The summed E-state index contributed by atoms with van der Waals surface area (Å²) in [5.41, 5.74) is 0.